The zero-order valence-electron chi connectivity index (χ0n) is 11.0. The van der Waals surface area contributed by atoms with Crippen molar-refractivity contribution in [1.29, 1.82) is 0 Å². The maximum atomic E-state index is 12.3. The lowest BCUT2D eigenvalue weighted by atomic mass is 9.88. The van der Waals surface area contributed by atoms with Crippen molar-refractivity contribution in [2.24, 2.45) is 5.92 Å². The van der Waals surface area contributed by atoms with Crippen LogP contribution >= 0.6 is 0 Å². The van der Waals surface area contributed by atoms with Crippen LogP contribution in [0.5, 0.6) is 5.75 Å². The molecule has 0 amide bonds. The fourth-order valence-electron chi connectivity index (χ4n) is 3.27. The van der Waals surface area contributed by atoms with Crippen molar-refractivity contribution >= 4 is 5.78 Å². The Kier molecular flexibility index (Phi) is 2.86. The van der Waals surface area contributed by atoms with Gasteiger partial charge in [0.25, 0.3) is 0 Å². The van der Waals surface area contributed by atoms with Crippen molar-refractivity contribution in [1.82, 2.24) is 4.90 Å². The molecule has 2 atom stereocenters. The van der Waals surface area contributed by atoms with Crippen LogP contribution in [0.3, 0.4) is 0 Å². The Morgan fingerprint density at radius 1 is 1.39 bits per heavy atom. The summed E-state index contributed by atoms with van der Waals surface area (Å²) >= 11 is 0. The van der Waals surface area contributed by atoms with Gasteiger partial charge in [-0.25, -0.2) is 0 Å². The predicted molar refractivity (Wildman–Crippen MR) is 70.0 cm³/mol. The number of rotatable bonds is 1. The number of piperidine rings is 1. The highest BCUT2D eigenvalue weighted by Crippen LogP contribution is 2.41. The van der Waals surface area contributed by atoms with Crippen LogP contribution in [0.15, 0.2) is 18.2 Å². The Morgan fingerprint density at radius 2 is 2.22 bits per heavy atom. The number of benzene rings is 1. The molecule has 2 bridgehead atoms. The molecule has 0 radical (unpaired) electrons. The normalized spacial score (nSPS) is 27.6. The van der Waals surface area contributed by atoms with E-state index in [1.165, 1.54) is 0 Å². The van der Waals surface area contributed by atoms with Gasteiger partial charge in [-0.2, -0.15) is 0 Å². The van der Waals surface area contributed by atoms with Crippen LogP contribution < -0.4 is 4.74 Å². The van der Waals surface area contributed by atoms with Crippen molar-refractivity contribution in [3.05, 3.63) is 29.3 Å². The van der Waals surface area contributed by atoms with Gasteiger partial charge in [-0.1, -0.05) is 0 Å². The summed E-state index contributed by atoms with van der Waals surface area (Å²) in [6.45, 7) is 1.08. The first kappa shape index (κ1) is 11.7. The highest BCUT2D eigenvalue weighted by molar-refractivity contribution is 5.98. The van der Waals surface area contributed by atoms with Crippen LogP contribution in [-0.2, 0) is 0 Å². The van der Waals surface area contributed by atoms with Gasteiger partial charge in [-0.3, -0.25) is 9.69 Å². The Balaban J connectivity index is 2.11. The topological polar surface area (TPSA) is 29.5 Å². The highest BCUT2D eigenvalue weighted by atomic mass is 16.5. The molecule has 1 aromatic carbocycles. The standard InChI is InChI=1S/C15H19NO2/c1-16-6-5-10-7-14(16)13-9-11(18-2)3-4-12(13)15(17)8-10/h3-4,9-10,14H,5-8H2,1-2H3. The molecule has 1 aliphatic heterocycles. The lowest BCUT2D eigenvalue weighted by Gasteiger charge is -2.35. The molecule has 1 aliphatic carbocycles. The smallest absolute Gasteiger partial charge is 0.163 e. The van der Waals surface area contributed by atoms with Gasteiger partial charge in [0, 0.05) is 18.0 Å². The van der Waals surface area contributed by atoms with Crippen molar-refractivity contribution in [2.75, 3.05) is 20.7 Å². The summed E-state index contributed by atoms with van der Waals surface area (Å²) in [5.74, 6) is 1.70. The van der Waals surface area contributed by atoms with Gasteiger partial charge in [-0.15, -0.1) is 0 Å². The number of hydrogen-bond acceptors (Lipinski definition) is 3. The zero-order chi connectivity index (χ0) is 12.7. The minimum Gasteiger partial charge on any atom is -0.497 e. The molecule has 18 heavy (non-hydrogen) atoms. The largest absolute Gasteiger partial charge is 0.497 e. The SMILES string of the molecule is COc1ccc2c(c1)C1CC(CCN1C)CC2=O. The molecule has 3 heteroatoms. The van der Waals surface area contributed by atoms with E-state index in [-0.39, 0.29) is 0 Å². The van der Waals surface area contributed by atoms with Crippen LogP contribution in [0.2, 0.25) is 0 Å². The molecule has 1 aromatic rings. The molecule has 96 valence electrons. The van der Waals surface area contributed by atoms with Gasteiger partial charge in [0.05, 0.1) is 7.11 Å². The van der Waals surface area contributed by atoms with Crippen molar-refractivity contribution < 1.29 is 9.53 Å². The van der Waals surface area contributed by atoms with E-state index in [0.29, 0.717) is 24.2 Å². The number of nitrogens with zero attached hydrogens (tertiary/aromatic N) is 1. The lowest BCUT2D eigenvalue weighted by molar-refractivity contribution is 0.0930. The third-order valence-electron chi connectivity index (χ3n) is 4.37. The van der Waals surface area contributed by atoms with Gasteiger partial charge in [-0.05, 0) is 56.1 Å². The summed E-state index contributed by atoms with van der Waals surface area (Å²) in [6, 6.07) is 6.25. The molecule has 0 N–H and O–H groups in total. The summed E-state index contributed by atoms with van der Waals surface area (Å²) in [6.07, 6.45) is 2.95. The minimum absolute atomic E-state index is 0.301. The maximum Gasteiger partial charge on any atom is 0.163 e. The van der Waals surface area contributed by atoms with Crippen molar-refractivity contribution in [2.45, 2.75) is 25.3 Å². The van der Waals surface area contributed by atoms with E-state index in [9.17, 15) is 4.79 Å². The van der Waals surface area contributed by atoms with E-state index in [4.69, 9.17) is 4.74 Å². The molecular formula is C15H19NO2. The molecule has 3 rings (SSSR count). The molecule has 2 unspecified atom stereocenters. The fourth-order valence-corrected chi connectivity index (χ4v) is 3.27. The molecule has 2 aliphatic rings. The summed E-state index contributed by atoms with van der Waals surface area (Å²) in [5.41, 5.74) is 2.06. The Morgan fingerprint density at radius 3 is 3.00 bits per heavy atom. The van der Waals surface area contributed by atoms with E-state index in [0.717, 1.165) is 36.3 Å². The summed E-state index contributed by atoms with van der Waals surface area (Å²) in [7, 11) is 3.83. The van der Waals surface area contributed by atoms with Crippen LogP contribution in [0, 0.1) is 5.92 Å². The third-order valence-corrected chi connectivity index (χ3v) is 4.37. The maximum absolute atomic E-state index is 12.3. The molecule has 0 spiro atoms. The highest BCUT2D eigenvalue weighted by Gasteiger charge is 2.34. The van der Waals surface area contributed by atoms with Gasteiger partial charge >= 0.3 is 0 Å². The Bertz CT molecular complexity index is 483. The van der Waals surface area contributed by atoms with E-state index in [2.05, 4.69) is 11.9 Å². The van der Waals surface area contributed by atoms with Crippen molar-refractivity contribution in [3.8, 4) is 5.75 Å². The Hall–Kier alpha value is -1.35. The summed E-state index contributed by atoms with van der Waals surface area (Å²) in [5, 5.41) is 0. The second-order valence-electron chi connectivity index (χ2n) is 5.47. The van der Waals surface area contributed by atoms with E-state index < -0.39 is 0 Å². The molecule has 1 heterocycles. The second kappa shape index (κ2) is 4.39. The molecule has 3 nitrogen and oxygen atoms in total. The number of Topliss-reactive ketones (excluding diaryl/α,β-unsaturated/α-hetero) is 1. The monoisotopic (exact) mass is 245 g/mol. The molecule has 1 fully saturated rings. The number of likely N-dealkylation sites (tertiary alicyclic amines) is 1. The fraction of sp³-hybridized carbons (Fsp3) is 0.533. The molecule has 1 saturated heterocycles. The number of hydrogen-bond donors (Lipinski definition) is 0. The zero-order valence-corrected chi connectivity index (χ0v) is 11.0. The molecule has 0 saturated carbocycles. The number of carbonyl (C=O) groups excluding carboxylic acids is 1. The van der Waals surface area contributed by atoms with Crippen LogP contribution in [0.1, 0.15) is 41.2 Å². The van der Waals surface area contributed by atoms with Crippen LogP contribution in [0.4, 0.5) is 0 Å². The van der Waals surface area contributed by atoms with Gasteiger partial charge in [0.15, 0.2) is 5.78 Å². The van der Waals surface area contributed by atoms with Crippen molar-refractivity contribution in [3.63, 3.8) is 0 Å². The van der Waals surface area contributed by atoms with E-state index in [1.54, 1.807) is 7.11 Å². The summed E-state index contributed by atoms with van der Waals surface area (Å²) < 4.78 is 5.30. The Labute approximate surface area is 108 Å². The van der Waals surface area contributed by atoms with Gasteiger partial charge in [0.1, 0.15) is 5.75 Å². The number of ketones is 1. The third kappa shape index (κ3) is 1.83. The van der Waals surface area contributed by atoms with E-state index in [1.807, 2.05) is 18.2 Å². The second-order valence-corrected chi connectivity index (χ2v) is 5.47. The van der Waals surface area contributed by atoms with Crippen LogP contribution in [-0.4, -0.2) is 31.4 Å². The average molecular weight is 245 g/mol. The first-order valence-electron chi connectivity index (χ1n) is 6.60. The van der Waals surface area contributed by atoms with Gasteiger partial charge in [0.2, 0.25) is 0 Å². The number of carbonyl (C=O) groups is 1. The number of ether oxygens (including phenoxy) is 1. The molecular weight excluding hydrogens is 226 g/mol. The van der Waals surface area contributed by atoms with Gasteiger partial charge < -0.3 is 4.74 Å². The minimum atomic E-state index is 0.301. The predicted octanol–water partition coefficient (Wildman–Crippen LogP) is 2.66. The number of fused-ring (bicyclic) bond motifs is 4. The quantitative estimate of drug-likeness (QED) is 0.762. The lowest BCUT2D eigenvalue weighted by Crippen LogP contribution is -2.33. The average Bonchev–Trinajstić information content (AvgIpc) is 2.50. The van der Waals surface area contributed by atoms with Crippen LogP contribution in [0.25, 0.3) is 0 Å². The first-order chi connectivity index (χ1) is 8.69. The number of methoxy groups -OCH3 is 1. The van der Waals surface area contributed by atoms with E-state index >= 15 is 0 Å². The molecule has 0 aromatic heterocycles. The summed E-state index contributed by atoms with van der Waals surface area (Å²) in [4.78, 5) is 14.7. The first-order valence-corrected chi connectivity index (χ1v) is 6.60.